The van der Waals surface area contributed by atoms with Gasteiger partial charge in [0.1, 0.15) is 0 Å². The highest BCUT2D eigenvalue weighted by atomic mass is 79.9. The Morgan fingerprint density at radius 2 is 2.07 bits per heavy atom. The average molecular weight is 274 g/mol. The molecule has 2 rings (SSSR count). The van der Waals surface area contributed by atoms with E-state index in [0.29, 0.717) is 0 Å². The van der Waals surface area contributed by atoms with Gasteiger partial charge in [-0.25, -0.2) is 0 Å². The van der Waals surface area contributed by atoms with Crippen LogP contribution in [0.2, 0.25) is 0 Å². The van der Waals surface area contributed by atoms with Crippen LogP contribution in [0, 0.1) is 0 Å². The van der Waals surface area contributed by atoms with Crippen LogP contribution in [0.3, 0.4) is 0 Å². The Morgan fingerprint density at radius 3 is 2.60 bits per heavy atom. The molecule has 0 aromatic carbocycles. The molecule has 0 aliphatic carbocycles. The van der Waals surface area contributed by atoms with Gasteiger partial charge in [-0.1, -0.05) is 0 Å². The maximum Gasteiger partial charge on any atom is 0.0910 e. The minimum Gasteiger partial charge on any atom is -0.390 e. The molecule has 0 radical (unpaired) electrons. The summed E-state index contributed by atoms with van der Waals surface area (Å²) in [6.45, 7) is 3.24. The Morgan fingerprint density at radius 1 is 1.40 bits per heavy atom. The molecular formula is C10H16BrN3O. The number of likely N-dealkylation sites (tertiary alicyclic amines) is 1. The minimum atomic E-state index is 0.0318. The molecule has 84 valence electrons. The monoisotopic (exact) mass is 273 g/mol. The zero-order valence-corrected chi connectivity index (χ0v) is 10.5. The van der Waals surface area contributed by atoms with Crippen molar-refractivity contribution < 1.29 is 5.11 Å². The highest BCUT2D eigenvalue weighted by molar-refractivity contribution is 9.10. The Labute approximate surface area is 98.0 Å². The molecule has 0 saturated carbocycles. The number of hydrogen-bond acceptors (Lipinski definition) is 3. The molecule has 15 heavy (non-hydrogen) atoms. The SMILES string of the molecule is Cn1nc(CN2CCCC2)c(Br)c1CO. The molecule has 1 fully saturated rings. The van der Waals surface area contributed by atoms with Crippen molar-refractivity contribution in [3.05, 3.63) is 15.9 Å². The van der Waals surface area contributed by atoms with Crippen LogP contribution < -0.4 is 0 Å². The maximum absolute atomic E-state index is 9.17. The summed E-state index contributed by atoms with van der Waals surface area (Å²) >= 11 is 3.50. The third-order valence-electron chi connectivity index (χ3n) is 2.89. The predicted molar refractivity (Wildman–Crippen MR) is 61.3 cm³/mol. The zero-order valence-electron chi connectivity index (χ0n) is 8.91. The summed E-state index contributed by atoms with van der Waals surface area (Å²) in [6.07, 6.45) is 2.58. The molecule has 0 spiro atoms. The van der Waals surface area contributed by atoms with E-state index in [1.807, 2.05) is 7.05 Å². The van der Waals surface area contributed by atoms with Crippen LogP contribution in [-0.4, -0.2) is 32.9 Å². The second kappa shape index (κ2) is 4.63. The minimum absolute atomic E-state index is 0.0318. The highest BCUT2D eigenvalue weighted by Gasteiger charge is 2.18. The summed E-state index contributed by atoms with van der Waals surface area (Å²) in [6, 6.07) is 0. The van der Waals surface area contributed by atoms with Gasteiger partial charge in [-0.15, -0.1) is 0 Å². The Balaban J connectivity index is 2.13. The van der Waals surface area contributed by atoms with E-state index >= 15 is 0 Å². The van der Waals surface area contributed by atoms with E-state index in [1.54, 1.807) is 4.68 Å². The summed E-state index contributed by atoms with van der Waals surface area (Å²) in [5.41, 5.74) is 1.88. The van der Waals surface area contributed by atoms with Gasteiger partial charge in [-0.3, -0.25) is 9.58 Å². The first kappa shape index (κ1) is 11.1. The number of nitrogens with zero attached hydrogens (tertiary/aromatic N) is 3. The van der Waals surface area contributed by atoms with Gasteiger partial charge in [-0.05, 0) is 41.9 Å². The summed E-state index contributed by atoms with van der Waals surface area (Å²) in [4.78, 5) is 2.40. The molecule has 1 aliphatic heterocycles. The normalized spacial score (nSPS) is 17.5. The molecule has 4 nitrogen and oxygen atoms in total. The first-order valence-electron chi connectivity index (χ1n) is 5.26. The third-order valence-corrected chi connectivity index (χ3v) is 3.81. The number of aromatic nitrogens is 2. The highest BCUT2D eigenvalue weighted by Crippen LogP contribution is 2.23. The predicted octanol–water partition coefficient (Wildman–Crippen LogP) is 1.27. The van der Waals surface area contributed by atoms with Crippen LogP contribution >= 0.6 is 15.9 Å². The Kier molecular flexibility index (Phi) is 3.43. The number of hydrogen-bond donors (Lipinski definition) is 1. The number of aliphatic hydroxyl groups excluding tert-OH is 1. The lowest BCUT2D eigenvalue weighted by Gasteiger charge is -2.12. The van der Waals surface area contributed by atoms with Crippen LogP contribution in [0.15, 0.2) is 4.47 Å². The van der Waals surface area contributed by atoms with Crippen LogP contribution in [0.5, 0.6) is 0 Å². The zero-order chi connectivity index (χ0) is 10.8. The summed E-state index contributed by atoms with van der Waals surface area (Å²) in [7, 11) is 1.86. The molecule has 1 aromatic heterocycles. The Hall–Kier alpha value is -0.390. The van der Waals surface area contributed by atoms with E-state index in [1.165, 1.54) is 12.8 Å². The quantitative estimate of drug-likeness (QED) is 0.902. The largest absolute Gasteiger partial charge is 0.390 e. The summed E-state index contributed by atoms with van der Waals surface area (Å²) in [5, 5.41) is 13.6. The van der Waals surface area contributed by atoms with Gasteiger partial charge in [0.2, 0.25) is 0 Å². The standard InChI is InChI=1S/C10H16BrN3O/c1-13-9(7-15)10(11)8(12-13)6-14-4-2-3-5-14/h15H,2-7H2,1H3. The van der Waals surface area contributed by atoms with Gasteiger partial charge in [0.15, 0.2) is 0 Å². The number of halogens is 1. The van der Waals surface area contributed by atoms with E-state index in [0.717, 1.165) is 35.5 Å². The lowest BCUT2D eigenvalue weighted by molar-refractivity contribution is 0.270. The van der Waals surface area contributed by atoms with Gasteiger partial charge < -0.3 is 5.11 Å². The van der Waals surface area contributed by atoms with E-state index < -0.39 is 0 Å². The van der Waals surface area contributed by atoms with Crippen LogP contribution in [0.1, 0.15) is 24.2 Å². The lowest BCUT2D eigenvalue weighted by atomic mass is 10.3. The maximum atomic E-state index is 9.17. The molecule has 0 amide bonds. The molecule has 5 heteroatoms. The first-order valence-corrected chi connectivity index (χ1v) is 6.05. The number of aryl methyl sites for hydroxylation is 1. The summed E-state index contributed by atoms with van der Waals surface area (Å²) < 4.78 is 2.70. The summed E-state index contributed by atoms with van der Waals surface area (Å²) in [5.74, 6) is 0. The average Bonchev–Trinajstić information content (AvgIpc) is 2.78. The third kappa shape index (κ3) is 2.24. The molecule has 0 atom stereocenters. The van der Waals surface area contributed by atoms with E-state index in [-0.39, 0.29) is 6.61 Å². The lowest BCUT2D eigenvalue weighted by Crippen LogP contribution is -2.19. The van der Waals surface area contributed by atoms with Crippen molar-refractivity contribution in [2.45, 2.75) is 26.0 Å². The van der Waals surface area contributed by atoms with Crippen molar-refractivity contribution in [2.75, 3.05) is 13.1 Å². The van der Waals surface area contributed by atoms with Crippen molar-refractivity contribution in [3.8, 4) is 0 Å². The fraction of sp³-hybridized carbons (Fsp3) is 0.700. The molecule has 1 aromatic rings. The van der Waals surface area contributed by atoms with Crippen LogP contribution in [-0.2, 0) is 20.2 Å². The molecule has 1 N–H and O–H groups in total. The second-order valence-electron chi connectivity index (χ2n) is 3.97. The van der Waals surface area contributed by atoms with Crippen molar-refractivity contribution in [1.82, 2.24) is 14.7 Å². The second-order valence-corrected chi connectivity index (χ2v) is 4.77. The van der Waals surface area contributed by atoms with E-state index in [9.17, 15) is 0 Å². The van der Waals surface area contributed by atoms with Crippen molar-refractivity contribution in [2.24, 2.45) is 7.05 Å². The Bertz CT molecular complexity index is 345. The molecule has 0 bridgehead atoms. The van der Waals surface area contributed by atoms with Crippen LogP contribution in [0.25, 0.3) is 0 Å². The van der Waals surface area contributed by atoms with E-state index in [2.05, 4.69) is 25.9 Å². The molecule has 0 unspecified atom stereocenters. The smallest absolute Gasteiger partial charge is 0.0910 e. The molecule has 1 saturated heterocycles. The van der Waals surface area contributed by atoms with Gasteiger partial charge in [0.25, 0.3) is 0 Å². The molecular weight excluding hydrogens is 258 g/mol. The molecule has 2 heterocycles. The van der Waals surface area contributed by atoms with Crippen molar-refractivity contribution in [3.63, 3.8) is 0 Å². The fourth-order valence-corrected chi connectivity index (χ4v) is 2.61. The fourth-order valence-electron chi connectivity index (χ4n) is 2.02. The topological polar surface area (TPSA) is 41.3 Å². The van der Waals surface area contributed by atoms with E-state index in [4.69, 9.17) is 5.11 Å². The first-order chi connectivity index (χ1) is 7.22. The van der Waals surface area contributed by atoms with Crippen LogP contribution in [0.4, 0.5) is 0 Å². The van der Waals surface area contributed by atoms with Gasteiger partial charge in [-0.2, -0.15) is 5.10 Å². The van der Waals surface area contributed by atoms with Gasteiger partial charge in [0, 0.05) is 13.6 Å². The van der Waals surface area contributed by atoms with Gasteiger partial charge >= 0.3 is 0 Å². The van der Waals surface area contributed by atoms with Crippen molar-refractivity contribution in [1.29, 1.82) is 0 Å². The van der Waals surface area contributed by atoms with Crippen molar-refractivity contribution >= 4 is 15.9 Å². The number of rotatable bonds is 3. The number of aliphatic hydroxyl groups is 1. The molecule has 1 aliphatic rings. The van der Waals surface area contributed by atoms with Gasteiger partial charge in [0.05, 0.1) is 22.5 Å².